The number of carbonyl (C=O) groups is 4. The molecule has 6 rings (SSSR count). The molecule has 1 amide bonds. The smallest absolute Gasteiger partial charge is 0.481 e. The van der Waals surface area contributed by atoms with Crippen LogP contribution in [-0.2, 0) is 19.2 Å². The number of anilines is 6. The molecule has 330 valence electrons. The van der Waals surface area contributed by atoms with Crippen LogP contribution in [0.2, 0.25) is 6.82 Å². The monoisotopic (exact) mass is 1000 g/mol. The molecule has 0 aromatic heterocycles. The van der Waals surface area contributed by atoms with Gasteiger partial charge in [-0.15, -0.1) is 0 Å². The van der Waals surface area contributed by atoms with Crippen LogP contribution in [0.4, 0.5) is 34.1 Å². The molecule has 2 saturated heterocycles. The SMILES string of the molecule is C.CCC(C(C)=O)C(=O)Nc1ccc(N2CCN(c3ccc(Br)cc3)CC2)cc1.CCC(C(C)=O)C(=O)O.Nc1ccc(N2CCN(c3ccc(Br)cc3)CC2)cc1.[B]C.[CH3-].[K+]. The number of nitrogens with zero attached hydrogens (tertiary/aromatic N) is 4. The number of nitrogens with one attached hydrogen (secondary N) is 1. The number of Topliss-reactive ketones (excluding diaryl/α,β-unsaturated/α-hetero) is 2. The third kappa shape index (κ3) is 18.9. The Morgan fingerprint density at radius 1 is 0.597 bits per heavy atom. The molecule has 62 heavy (non-hydrogen) atoms. The summed E-state index contributed by atoms with van der Waals surface area (Å²) in [5, 5.41) is 11.2. The number of aliphatic carboxylic acids is 1. The van der Waals surface area contributed by atoms with Gasteiger partial charge in [-0.2, -0.15) is 0 Å². The van der Waals surface area contributed by atoms with Gasteiger partial charge in [-0.3, -0.25) is 19.2 Å². The maximum Gasteiger partial charge on any atom is 1.00 e. The van der Waals surface area contributed by atoms with E-state index >= 15 is 0 Å². The fourth-order valence-electron chi connectivity index (χ4n) is 6.71. The summed E-state index contributed by atoms with van der Waals surface area (Å²) >= 11 is 6.96. The molecule has 4 aromatic carbocycles. The Hall–Kier alpha value is -3.18. The van der Waals surface area contributed by atoms with E-state index in [1.54, 1.807) is 6.92 Å². The quantitative estimate of drug-likeness (QED) is 0.0647. The molecule has 2 atom stereocenters. The topological polar surface area (TPSA) is 140 Å². The van der Waals surface area contributed by atoms with Crippen molar-refractivity contribution in [3.8, 4) is 0 Å². The van der Waals surface area contributed by atoms with Crippen molar-refractivity contribution in [3.05, 3.63) is 113 Å². The van der Waals surface area contributed by atoms with Crippen molar-refractivity contribution in [2.75, 3.05) is 83.0 Å². The predicted octanol–water partition coefficient (Wildman–Crippen LogP) is 6.67. The summed E-state index contributed by atoms with van der Waals surface area (Å²) in [4.78, 5) is 53.9. The van der Waals surface area contributed by atoms with Crippen molar-refractivity contribution in [3.63, 3.8) is 0 Å². The molecule has 2 aliphatic rings. The first-order valence-electron chi connectivity index (χ1n) is 19.9. The standard InChI is InChI=1S/C22H26BrN3O2.C16H18BrN3.C6H10O3.CH3B.CH4.CH3.K/c1-3-21(16(2)27)22(28)24-18-6-10-20(11-7-18)26-14-12-25(13-15-26)19-8-4-17(23)5-9-19;17-13-1-5-15(6-2-13)19-9-11-20(12-10-19)16-7-3-14(18)4-8-16;1-3-5(4(2)7)6(8)9;1-2;;;/h4-11,21H,3,12-15H2,1-2H3,(H,24,28);1-8H,9-12,18H2;5H,3H2,1-2H3,(H,8,9);1H3;1H4;1H3;/q;;;;;-1;+1. The first-order valence-corrected chi connectivity index (χ1v) is 21.5. The number of ketones is 2. The van der Waals surface area contributed by atoms with Crippen molar-refractivity contribution >= 4 is 97.3 Å². The van der Waals surface area contributed by atoms with Gasteiger partial charge in [-0.1, -0.05) is 60.0 Å². The van der Waals surface area contributed by atoms with E-state index in [1.807, 2.05) is 43.3 Å². The van der Waals surface area contributed by atoms with Gasteiger partial charge in [0, 0.05) is 95.4 Å². The zero-order chi connectivity index (χ0) is 43.5. The molecule has 2 aliphatic heterocycles. The maximum absolute atomic E-state index is 12.2. The number of hydrogen-bond donors (Lipinski definition) is 3. The van der Waals surface area contributed by atoms with Gasteiger partial charge in [-0.25, -0.2) is 0 Å². The number of carbonyl (C=O) groups excluding carboxylic acids is 3. The van der Waals surface area contributed by atoms with Crippen molar-refractivity contribution in [1.82, 2.24) is 0 Å². The minimum absolute atomic E-state index is 0. The third-order valence-electron chi connectivity index (χ3n) is 10.1. The summed E-state index contributed by atoms with van der Waals surface area (Å²) in [6, 6.07) is 33.0. The van der Waals surface area contributed by atoms with Crippen LogP contribution in [0.1, 0.15) is 48.0 Å². The second kappa shape index (κ2) is 30.8. The number of halogens is 2. The molecular formula is C47H64BBr2KN6O5. The minimum Gasteiger partial charge on any atom is -0.481 e. The van der Waals surface area contributed by atoms with Crippen LogP contribution in [0, 0.1) is 19.3 Å². The summed E-state index contributed by atoms with van der Waals surface area (Å²) in [5.74, 6) is -3.00. The normalized spacial score (nSPS) is 13.8. The van der Waals surface area contributed by atoms with Crippen LogP contribution in [0.25, 0.3) is 0 Å². The molecule has 4 N–H and O–H groups in total. The largest absolute Gasteiger partial charge is 1.00 e. The first kappa shape index (κ1) is 58.8. The summed E-state index contributed by atoms with van der Waals surface area (Å²) in [5.41, 5.74) is 12.2. The van der Waals surface area contributed by atoms with E-state index < -0.39 is 17.8 Å². The molecule has 15 heteroatoms. The average Bonchev–Trinajstić information content (AvgIpc) is 3.23. The molecule has 11 nitrogen and oxygen atoms in total. The number of amides is 1. The summed E-state index contributed by atoms with van der Waals surface area (Å²) in [6.07, 6.45) is 0.895. The number of benzene rings is 4. The summed E-state index contributed by atoms with van der Waals surface area (Å²) < 4.78 is 2.22. The van der Waals surface area contributed by atoms with Gasteiger partial charge in [0.2, 0.25) is 5.91 Å². The van der Waals surface area contributed by atoms with Crippen molar-refractivity contribution in [1.29, 1.82) is 0 Å². The van der Waals surface area contributed by atoms with Crippen LogP contribution < -0.4 is 82.0 Å². The van der Waals surface area contributed by atoms with Crippen molar-refractivity contribution < 1.29 is 75.7 Å². The van der Waals surface area contributed by atoms with E-state index in [9.17, 15) is 19.2 Å². The second-order valence-corrected chi connectivity index (χ2v) is 15.8. The van der Waals surface area contributed by atoms with E-state index in [0.717, 1.165) is 78.4 Å². The summed E-state index contributed by atoms with van der Waals surface area (Å²) in [6.45, 7) is 15.8. The first-order chi connectivity index (χ1) is 28.3. The number of rotatable bonds is 11. The fraction of sp³-hybridized carbons (Fsp3) is 0.383. The fourth-order valence-corrected chi connectivity index (χ4v) is 7.24. The number of hydrogen-bond acceptors (Lipinski definition) is 9. The second-order valence-electron chi connectivity index (χ2n) is 14.0. The molecule has 2 unspecified atom stereocenters. The van der Waals surface area contributed by atoms with E-state index in [2.05, 4.69) is 125 Å². The van der Waals surface area contributed by atoms with Crippen LogP contribution in [0.5, 0.6) is 0 Å². The van der Waals surface area contributed by atoms with Crippen molar-refractivity contribution in [2.24, 2.45) is 11.8 Å². The molecule has 0 spiro atoms. The van der Waals surface area contributed by atoms with Crippen LogP contribution in [-0.4, -0.2) is 88.8 Å². The van der Waals surface area contributed by atoms with Crippen molar-refractivity contribution in [2.45, 2.75) is 54.8 Å². The van der Waals surface area contributed by atoms with Gasteiger partial charge in [0.15, 0.2) is 0 Å². The number of piperazine rings is 2. The van der Waals surface area contributed by atoms with E-state index in [0.29, 0.717) is 12.8 Å². The Labute approximate surface area is 431 Å². The average molecular weight is 1000 g/mol. The molecule has 4 aromatic rings. The number of nitrogen functional groups attached to an aromatic ring is 1. The third-order valence-corrected chi connectivity index (χ3v) is 11.2. The van der Waals surface area contributed by atoms with Gasteiger partial charge < -0.3 is 43.2 Å². The molecular weight excluding hydrogens is 938 g/mol. The van der Waals surface area contributed by atoms with Crippen LogP contribution >= 0.6 is 31.9 Å². The zero-order valence-electron chi connectivity index (χ0n) is 36.7. The molecule has 2 radical (unpaired) electrons. The zero-order valence-corrected chi connectivity index (χ0v) is 43.0. The Balaban J connectivity index is 0.000000960. The molecule has 2 heterocycles. The molecule has 2 fully saturated rings. The van der Waals surface area contributed by atoms with Gasteiger partial charge in [0.25, 0.3) is 0 Å². The van der Waals surface area contributed by atoms with E-state index in [-0.39, 0.29) is 83.7 Å². The van der Waals surface area contributed by atoms with Gasteiger partial charge in [-0.05, 0) is 124 Å². The predicted molar refractivity (Wildman–Crippen MR) is 264 cm³/mol. The summed E-state index contributed by atoms with van der Waals surface area (Å²) in [7, 11) is 4.50. The van der Waals surface area contributed by atoms with Crippen LogP contribution in [0.15, 0.2) is 106 Å². The molecule has 0 saturated carbocycles. The van der Waals surface area contributed by atoms with E-state index in [1.165, 1.54) is 37.7 Å². The number of nitrogens with two attached hydrogens (primary N) is 1. The molecule has 0 aliphatic carbocycles. The Morgan fingerprint density at radius 3 is 1.11 bits per heavy atom. The number of carboxylic acid groups (broad SMARTS) is 1. The van der Waals surface area contributed by atoms with Gasteiger partial charge in [0.05, 0.1) is 13.8 Å². The van der Waals surface area contributed by atoms with E-state index in [4.69, 9.17) is 10.8 Å². The Morgan fingerprint density at radius 2 is 0.871 bits per heavy atom. The minimum atomic E-state index is -1.02. The Kier molecular flexibility index (Phi) is 29.2. The molecule has 0 bridgehead atoms. The van der Waals surface area contributed by atoms with Crippen LogP contribution in [0.3, 0.4) is 0 Å². The van der Waals surface area contributed by atoms with Gasteiger partial charge in [0.1, 0.15) is 17.5 Å². The van der Waals surface area contributed by atoms with Gasteiger partial charge >= 0.3 is 57.4 Å². The Bertz CT molecular complexity index is 1840. The maximum atomic E-state index is 12.2. The number of carboxylic acids is 1.